The van der Waals surface area contributed by atoms with Crippen LogP contribution < -0.4 is 15.0 Å². The number of amides is 5. The largest absolute Gasteiger partial charge is 0.474 e. The number of fused-ring (bicyclic) bond motifs is 4. The Morgan fingerprint density at radius 3 is 2.38 bits per heavy atom. The Morgan fingerprint density at radius 2 is 1.61 bits per heavy atom. The fraction of sp³-hybridized carbons (Fsp3) is 0.413. The normalized spacial score (nSPS) is 22.1. The summed E-state index contributed by atoms with van der Waals surface area (Å²) in [6.07, 6.45) is 9.73. The summed E-state index contributed by atoms with van der Waals surface area (Å²) in [4.78, 5) is 79.8. The second kappa shape index (κ2) is 14.5. The molecule has 4 saturated heterocycles. The van der Waals surface area contributed by atoms with Crippen molar-refractivity contribution in [1.82, 2.24) is 34.6 Å². The van der Waals surface area contributed by atoms with Crippen LogP contribution >= 0.6 is 0 Å². The molecule has 1 N–H and O–H groups in total. The summed E-state index contributed by atoms with van der Waals surface area (Å²) in [5, 5.41) is 4.56. The highest BCUT2D eigenvalue weighted by molar-refractivity contribution is 6.23. The van der Waals surface area contributed by atoms with Crippen molar-refractivity contribution in [3.8, 4) is 17.0 Å². The molecule has 61 heavy (non-hydrogen) atoms. The van der Waals surface area contributed by atoms with Crippen molar-refractivity contribution < 1.29 is 33.4 Å². The number of ether oxygens (including phenoxy) is 2. The molecule has 5 fully saturated rings. The molecule has 1 unspecified atom stereocenters. The third-order valence-corrected chi connectivity index (χ3v) is 13.8. The summed E-state index contributed by atoms with van der Waals surface area (Å²) in [5.74, 6) is -1.21. The Bertz CT molecular complexity index is 2630. The summed E-state index contributed by atoms with van der Waals surface area (Å²) >= 11 is 0. The predicted octanol–water partition coefficient (Wildman–Crippen LogP) is 3.93. The zero-order chi connectivity index (χ0) is 41.6. The molecule has 15 nitrogen and oxygen atoms in total. The summed E-state index contributed by atoms with van der Waals surface area (Å²) in [5.41, 5.74) is 5.98. The van der Waals surface area contributed by atoms with E-state index in [-0.39, 0.29) is 53.6 Å². The van der Waals surface area contributed by atoms with E-state index in [1.807, 2.05) is 41.7 Å². The van der Waals surface area contributed by atoms with Crippen molar-refractivity contribution in [2.24, 2.45) is 12.5 Å². The number of pyridine rings is 2. The van der Waals surface area contributed by atoms with Crippen molar-refractivity contribution in [3.05, 3.63) is 84.3 Å². The number of anilines is 1. The molecule has 6 aliphatic rings. The number of nitrogens with zero attached hydrogens (tertiary/aromatic N) is 7. The smallest absolute Gasteiger partial charge is 0.262 e. The van der Waals surface area contributed by atoms with Crippen LogP contribution in [0.2, 0.25) is 0 Å². The van der Waals surface area contributed by atoms with Crippen LogP contribution in [0.1, 0.15) is 59.2 Å². The van der Waals surface area contributed by atoms with Crippen molar-refractivity contribution >= 4 is 57.0 Å². The molecular formula is C46H46N8O7. The van der Waals surface area contributed by atoms with Crippen LogP contribution in [0, 0.1) is 5.41 Å². The third-order valence-electron chi connectivity index (χ3n) is 13.8. The Morgan fingerprint density at radius 1 is 0.820 bits per heavy atom. The zero-order valence-corrected chi connectivity index (χ0v) is 33.9. The van der Waals surface area contributed by atoms with Crippen LogP contribution in [0.15, 0.2) is 73.2 Å². The average molecular weight is 823 g/mol. The maximum absolute atomic E-state index is 13.3. The number of benzene rings is 2. The molecule has 2 aromatic carbocycles. The van der Waals surface area contributed by atoms with Gasteiger partial charge in [0.15, 0.2) is 0 Å². The molecule has 1 aliphatic carbocycles. The van der Waals surface area contributed by atoms with Crippen molar-refractivity contribution in [2.45, 2.75) is 62.9 Å². The number of rotatable bonds is 9. The first-order valence-corrected chi connectivity index (χ1v) is 21.3. The van der Waals surface area contributed by atoms with Gasteiger partial charge in [0, 0.05) is 110 Å². The van der Waals surface area contributed by atoms with Crippen molar-refractivity contribution in [2.75, 3.05) is 50.7 Å². The summed E-state index contributed by atoms with van der Waals surface area (Å²) in [7, 11) is 2.08. The number of hydrogen-bond donors (Lipinski definition) is 1. The fourth-order valence-corrected chi connectivity index (χ4v) is 10.4. The van der Waals surface area contributed by atoms with Gasteiger partial charge in [-0.3, -0.25) is 44.1 Å². The molecule has 3 aromatic heterocycles. The lowest BCUT2D eigenvalue weighted by molar-refractivity contribution is -0.162. The minimum Gasteiger partial charge on any atom is -0.474 e. The van der Waals surface area contributed by atoms with Gasteiger partial charge in [-0.2, -0.15) is 0 Å². The van der Waals surface area contributed by atoms with E-state index in [0.717, 1.165) is 90.0 Å². The van der Waals surface area contributed by atoms with Crippen LogP contribution in [0.3, 0.4) is 0 Å². The number of piperidine rings is 2. The highest BCUT2D eigenvalue weighted by atomic mass is 16.5. The monoisotopic (exact) mass is 822 g/mol. The molecule has 0 bridgehead atoms. The maximum Gasteiger partial charge on any atom is 0.262 e. The minimum absolute atomic E-state index is 0.0570. The van der Waals surface area contributed by atoms with Crippen LogP contribution in [0.5, 0.6) is 5.88 Å². The number of nitrogens with one attached hydrogen (secondary N) is 1. The molecular weight excluding hydrogens is 777 g/mol. The maximum atomic E-state index is 13.3. The average Bonchev–Trinajstić information content (AvgIpc) is 3.64. The lowest BCUT2D eigenvalue weighted by atomic mass is 9.61. The van der Waals surface area contributed by atoms with Gasteiger partial charge in [0.1, 0.15) is 12.1 Å². The highest BCUT2D eigenvalue weighted by Crippen LogP contribution is 2.49. The number of carbonyl (C=O) groups is 5. The highest BCUT2D eigenvalue weighted by Gasteiger charge is 2.55. The lowest BCUT2D eigenvalue weighted by Crippen LogP contribution is -2.66. The zero-order valence-electron chi connectivity index (χ0n) is 33.9. The molecule has 5 aromatic rings. The Kier molecular flexibility index (Phi) is 8.97. The van der Waals surface area contributed by atoms with Gasteiger partial charge >= 0.3 is 0 Å². The molecule has 5 aliphatic heterocycles. The van der Waals surface area contributed by atoms with E-state index in [4.69, 9.17) is 9.47 Å². The number of aromatic nitrogens is 3. The SMILES string of the molecule is Cn1c2ccncc2c2ccc(-c3ccc(OC4CC5(C4)CN(C(=O)CN4CCC(OC6CN(c7ccc8c(c7)C(=O)N(C7CCC(=O)NC7=O)C8=O)C6)CC4)C5)nc3)cc21. The molecule has 15 heteroatoms. The molecule has 11 rings (SSSR count). The topological polar surface area (TPSA) is 160 Å². The second-order valence-corrected chi connectivity index (χ2v) is 17.8. The number of imide groups is 2. The number of hydrogen-bond acceptors (Lipinski definition) is 11. The molecule has 5 amide bonds. The van der Waals surface area contributed by atoms with Crippen LogP contribution in [-0.4, -0.2) is 129 Å². The first-order valence-electron chi connectivity index (χ1n) is 21.3. The first-order chi connectivity index (χ1) is 29.6. The van der Waals surface area contributed by atoms with E-state index in [9.17, 15) is 24.0 Å². The predicted molar refractivity (Wildman–Crippen MR) is 224 cm³/mol. The number of carbonyl (C=O) groups excluding carboxylic acids is 5. The standard InChI is InChI=1S/C46H46N8O7/c1-50-37-10-13-47-21-36(37)33-5-2-27(16-39(33)50)28-3-9-41(48-20-28)61-31-18-46(19-31)25-53(26-46)42(56)24-51-14-11-30(12-15-51)60-32-22-52(23-32)29-4-6-34-35(17-29)45(59)54(44(34)58)38-7-8-40(55)49-43(38)57/h2-6,9-10,13,16-17,20-21,30-32,38H,7-8,11-12,14-15,18-19,22-26H2,1H3,(H,49,55,57). The molecule has 8 heterocycles. The van der Waals surface area contributed by atoms with Crippen LogP contribution in [0.4, 0.5) is 5.69 Å². The summed E-state index contributed by atoms with van der Waals surface area (Å²) in [6.45, 7) is 4.97. The van der Waals surface area contributed by atoms with Gasteiger partial charge in [-0.1, -0.05) is 12.1 Å². The molecule has 312 valence electrons. The van der Waals surface area contributed by atoms with Gasteiger partial charge in [-0.25, -0.2) is 4.98 Å². The molecule has 1 atom stereocenters. The fourth-order valence-electron chi connectivity index (χ4n) is 10.4. The van der Waals surface area contributed by atoms with E-state index >= 15 is 0 Å². The van der Waals surface area contributed by atoms with E-state index in [1.54, 1.807) is 12.1 Å². The van der Waals surface area contributed by atoms with Gasteiger partial charge < -0.3 is 23.8 Å². The van der Waals surface area contributed by atoms with E-state index < -0.39 is 29.7 Å². The summed E-state index contributed by atoms with van der Waals surface area (Å²) in [6, 6.07) is 16.8. The van der Waals surface area contributed by atoms with Crippen LogP contribution in [-0.2, 0) is 26.2 Å². The Labute approximate surface area is 351 Å². The minimum atomic E-state index is -0.984. The van der Waals surface area contributed by atoms with Gasteiger partial charge in [-0.15, -0.1) is 0 Å². The molecule has 0 radical (unpaired) electrons. The van der Waals surface area contributed by atoms with Gasteiger partial charge in [0.25, 0.3) is 11.8 Å². The van der Waals surface area contributed by atoms with E-state index in [0.29, 0.717) is 25.5 Å². The van der Waals surface area contributed by atoms with Gasteiger partial charge in [-0.05, 0) is 74.1 Å². The summed E-state index contributed by atoms with van der Waals surface area (Å²) < 4.78 is 14.9. The second-order valence-electron chi connectivity index (χ2n) is 17.8. The third kappa shape index (κ3) is 6.61. The van der Waals surface area contributed by atoms with Crippen molar-refractivity contribution in [1.29, 1.82) is 0 Å². The quantitative estimate of drug-likeness (QED) is 0.215. The van der Waals surface area contributed by atoms with Crippen molar-refractivity contribution in [3.63, 3.8) is 0 Å². The van der Waals surface area contributed by atoms with E-state index in [2.05, 4.69) is 61.0 Å². The Balaban J connectivity index is 0.595. The van der Waals surface area contributed by atoms with Gasteiger partial charge in [0.2, 0.25) is 23.6 Å². The van der Waals surface area contributed by atoms with E-state index in [1.165, 1.54) is 5.39 Å². The number of aryl methyl sites for hydroxylation is 1. The lowest BCUT2D eigenvalue weighted by Gasteiger charge is -2.58. The molecule has 1 spiro atoms. The van der Waals surface area contributed by atoms with Crippen LogP contribution in [0.25, 0.3) is 32.9 Å². The Hall–Kier alpha value is -6.19. The first kappa shape index (κ1) is 37.8. The molecule has 1 saturated carbocycles. The number of likely N-dealkylation sites (tertiary alicyclic amines) is 2. The van der Waals surface area contributed by atoms with Gasteiger partial charge in [0.05, 0.1) is 35.4 Å².